The first-order valence-corrected chi connectivity index (χ1v) is 6.01. The summed E-state index contributed by atoms with van der Waals surface area (Å²) in [4.78, 5) is 11.9. The van der Waals surface area contributed by atoms with Gasteiger partial charge < -0.3 is 10.4 Å². The van der Waals surface area contributed by atoms with E-state index in [1.54, 1.807) is 24.3 Å². The molecule has 4 heteroatoms. The van der Waals surface area contributed by atoms with Gasteiger partial charge in [-0.05, 0) is 51.0 Å². The number of carbonyl (C=O) groups excluding carboxylic acids is 1. The van der Waals surface area contributed by atoms with E-state index in [1.807, 2.05) is 13.8 Å². The van der Waals surface area contributed by atoms with Crippen molar-refractivity contribution in [2.45, 2.75) is 32.2 Å². The molecule has 0 aromatic heterocycles. The second kappa shape index (κ2) is 6.03. The molecule has 0 atom stereocenters. The summed E-state index contributed by atoms with van der Waals surface area (Å²) in [5.41, 5.74) is 0.269. The minimum atomic E-state index is -0.320. The lowest BCUT2D eigenvalue weighted by Crippen LogP contribution is -2.43. The first-order valence-electron chi connectivity index (χ1n) is 5.63. The van der Waals surface area contributed by atoms with Gasteiger partial charge in [0, 0.05) is 22.7 Å². The molecule has 1 rings (SSSR count). The standard InChI is InChI=1S/C13H18ClNO2/c1-13(2,8-3-9-16)15-12(17)10-4-6-11(14)7-5-10/h4-7,16H,3,8-9H2,1-2H3,(H,15,17). The number of carbonyl (C=O) groups is 1. The quantitative estimate of drug-likeness (QED) is 0.850. The number of halogens is 1. The Labute approximate surface area is 107 Å². The molecular formula is C13H18ClNO2. The summed E-state index contributed by atoms with van der Waals surface area (Å²) in [7, 11) is 0. The van der Waals surface area contributed by atoms with Crippen LogP contribution in [-0.2, 0) is 0 Å². The molecule has 17 heavy (non-hydrogen) atoms. The topological polar surface area (TPSA) is 49.3 Å². The molecule has 0 aliphatic rings. The summed E-state index contributed by atoms with van der Waals surface area (Å²) in [6.45, 7) is 4.02. The van der Waals surface area contributed by atoms with Crippen molar-refractivity contribution in [2.24, 2.45) is 0 Å². The number of aliphatic hydroxyl groups is 1. The molecule has 0 heterocycles. The van der Waals surface area contributed by atoms with E-state index in [0.717, 1.165) is 6.42 Å². The third-order valence-corrected chi connectivity index (χ3v) is 2.77. The number of hydrogen-bond donors (Lipinski definition) is 2. The van der Waals surface area contributed by atoms with Crippen molar-refractivity contribution in [1.82, 2.24) is 5.32 Å². The highest BCUT2D eigenvalue weighted by atomic mass is 35.5. The van der Waals surface area contributed by atoms with Gasteiger partial charge in [-0.1, -0.05) is 11.6 Å². The van der Waals surface area contributed by atoms with E-state index < -0.39 is 0 Å². The van der Waals surface area contributed by atoms with Crippen molar-refractivity contribution in [2.75, 3.05) is 6.61 Å². The third-order valence-electron chi connectivity index (χ3n) is 2.52. The molecule has 0 saturated heterocycles. The maximum Gasteiger partial charge on any atom is 0.251 e. The molecule has 0 fully saturated rings. The Hall–Kier alpha value is -1.06. The van der Waals surface area contributed by atoms with E-state index in [4.69, 9.17) is 16.7 Å². The van der Waals surface area contributed by atoms with Crippen molar-refractivity contribution in [3.8, 4) is 0 Å². The summed E-state index contributed by atoms with van der Waals surface area (Å²) >= 11 is 5.76. The Bertz CT molecular complexity index is 374. The fourth-order valence-corrected chi connectivity index (χ4v) is 1.69. The van der Waals surface area contributed by atoms with Crippen LogP contribution in [0.25, 0.3) is 0 Å². The Morgan fingerprint density at radius 2 is 1.94 bits per heavy atom. The average Bonchev–Trinajstić information content (AvgIpc) is 2.26. The van der Waals surface area contributed by atoms with Gasteiger partial charge in [-0.15, -0.1) is 0 Å². The van der Waals surface area contributed by atoms with Gasteiger partial charge in [0.25, 0.3) is 5.91 Å². The van der Waals surface area contributed by atoms with Crippen LogP contribution in [0.15, 0.2) is 24.3 Å². The molecule has 1 amide bonds. The summed E-state index contributed by atoms with van der Waals surface area (Å²) in [6.07, 6.45) is 1.41. The van der Waals surface area contributed by atoms with Crippen molar-refractivity contribution >= 4 is 17.5 Å². The van der Waals surface area contributed by atoms with Crippen LogP contribution in [0.5, 0.6) is 0 Å². The minimum absolute atomic E-state index is 0.121. The van der Waals surface area contributed by atoms with Crippen LogP contribution in [0.4, 0.5) is 0 Å². The van der Waals surface area contributed by atoms with Crippen LogP contribution in [0.2, 0.25) is 5.02 Å². The SMILES string of the molecule is CC(C)(CCCO)NC(=O)c1ccc(Cl)cc1. The number of hydrogen-bond acceptors (Lipinski definition) is 2. The number of nitrogens with one attached hydrogen (secondary N) is 1. The maximum atomic E-state index is 11.9. The monoisotopic (exact) mass is 255 g/mol. The lowest BCUT2D eigenvalue weighted by atomic mass is 9.98. The van der Waals surface area contributed by atoms with Crippen molar-refractivity contribution in [3.63, 3.8) is 0 Å². The van der Waals surface area contributed by atoms with Gasteiger partial charge >= 0.3 is 0 Å². The molecule has 94 valence electrons. The molecular weight excluding hydrogens is 238 g/mol. The van der Waals surface area contributed by atoms with E-state index in [1.165, 1.54) is 0 Å². The van der Waals surface area contributed by atoms with Gasteiger partial charge in [-0.3, -0.25) is 4.79 Å². The second-order valence-electron chi connectivity index (χ2n) is 4.67. The van der Waals surface area contributed by atoms with Gasteiger partial charge in [0.2, 0.25) is 0 Å². The molecule has 0 unspecified atom stereocenters. The smallest absolute Gasteiger partial charge is 0.251 e. The van der Waals surface area contributed by atoms with Crippen molar-refractivity contribution < 1.29 is 9.90 Å². The summed E-state index contributed by atoms with van der Waals surface area (Å²) in [5.74, 6) is -0.121. The van der Waals surface area contributed by atoms with Gasteiger partial charge in [-0.2, -0.15) is 0 Å². The molecule has 0 spiro atoms. The molecule has 0 bridgehead atoms. The Morgan fingerprint density at radius 3 is 2.47 bits per heavy atom. The third kappa shape index (κ3) is 4.75. The average molecular weight is 256 g/mol. The van der Waals surface area contributed by atoms with Crippen LogP contribution in [0.3, 0.4) is 0 Å². The van der Waals surface area contributed by atoms with E-state index in [0.29, 0.717) is 17.0 Å². The van der Waals surface area contributed by atoms with Crippen LogP contribution >= 0.6 is 11.6 Å². The molecule has 1 aromatic rings. The highest BCUT2D eigenvalue weighted by molar-refractivity contribution is 6.30. The van der Waals surface area contributed by atoms with E-state index in [2.05, 4.69) is 5.32 Å². The van der Waals surface area contributed by atoms with Gasteiger partial charge in [-0.25, -0.2) is 0 Å². The van der Waals surface area contributed by atoms with Gasteiger partial charge in [0.15, 0.2) is 0 Å². The normalized spacial score (nSPS) is 11.3. The number of rotatable bonds is 5. The number of benzene rings is 1. The predicted molar refractivity (Wildman–Crippen MR) is 69.3 cm³/mol. The van der Waals surface area contributed by atoms with Gasteiger partial charge in [0.1, 0.15) is 0 Å². The Balaban J connectivity index is 2.62. The summed E-state index contributed by atoms with van der Waals surface area (Å²) in [6, 6.07) is 6.77. The lowest BCUT2D eigenvalue weighted by molar-refractivity contribution is 0.0905. The molecule has 3 nitrogen and oxygen atoms in total. The van der Waals surface area contributed by atoms with Crippen LogP contribution in [0, 0.1) is 0 Å². The largest absolute Gasteiger partial charge is 0.396 e. The first-order chi connectivity index (χ1) is 7.94. The second-order valence-corrected chi connectivity index (χ2v) is 5.11. The van der Waals surface area contributed by atoms with Crippen LogP contribution in [0.1, 0.15) is 37.0 Å². The number of aliphatic hydroxyl groups excluding tert-OH is 1. The van der Waals surface area contributed by atoms with E-state index >= 15 is 0 Å². The van der Waals surface area contributed by atoms with Crippen molar-refractivity contribution in [1.29, 1.82) is 0 Å². The molecule has 0 saturated carbocycles. The zero-order valence-corrected chi connectivity index (χ0v) is 10.9. The molecule has 0 aliphatic carbocycles. The minimum Gasteiger partial charge on any atom is -0.396 e. The molecule has 0 radical (unpaired) electrons. The highest BCUT2D eigenvalue weighted by Gasteiger charge is 2.20. The summed E-state index contributed by atoms with van der Waals surface area (Å²) < 4.78 is 0. The van der Waals surface area contributed by atoms with Crippen molar-refractivity contribution in [3.05, 3.63) is 34.9 Å². The zero-order valence-electron chi connectivity index (χ0n) is 10.2. The van der Waals surface area contributed by atoms with Gasteiger partial charge in [0.05, 0.1) is 0 Å². The first kappa shape index (κ1) is 14.0. The zero-order chi connectivity index (χ0) is 12.9. The Kier molecular flexibility index (Phi) is 4.97. The molecule has 0 aliphatic heterocycles. The fourth-order valence-electron chi connectivity index (χ4n) is 1.56. The lowest BCUT2D eigenvalue weighted by Gasteiger charge is -2.26. The predicted octanol–water partition coefficient (Wildman–Crippen LogP) is 2.62. The fraction of sp³-hybridized carbons (Fsp3) is 0.462. The molecule has 2 N–H and O–H groups in total. The van der Waals surface area contributed by atoms with Crippen LogP contribution in [-0.4, -0.2) is 23.2 Å². The highest BCUT2D eigenvalue weighted by Crippen LogP contribution is 2.14. The number of amides is 1. The Morgan fingerprint density at radius 1 is 1.35 bits per heavy atom. The van der Waals surface area contributed by atoms with Crippen LogP contribution < -0.4 is 5.32 Å². The van der Waals surface area contributed by atoms with E-state index in [-0.39, 0.29) is 18.1 Å². The summed E-state index contributed by atoms with van der Waals surface area (Å²) in [5, 5.41) is 12.3. The maximum absolute atomic E-state index is 11.9. The molecule has 1 aromatic carbocycles. The van der Waals surface area contributed by atoms with E-state index in [9.17, 15) is 4.79 Å².